The fraction of sp³-hybridized carbons (Fsp3) is 0.188. The largest absolute Gasteiger partial charge is 0.505 e. The van der Waals surface area contributed by atoms with Crippen molar-refractivity contribution in [3.05, 3.63) is 63.4 Å². The lowest BCUT2D eigenvalue weighted by Gasteiger charge is -2.15. The van der Waals surface area contributed by atoms with E-state index in [-0.39, 0.29) is 16.3 Å². The van der Waals surface area contributed by atoms with Crippen LogP contribution < -0.4 is 5.56 Å². The molecule has 0 unspecified atom stereocenters. The Kier molecular flexibility index (Phi) is 3.36. The fourth-order valence-corrected chi connectivity index (χ4v) is 2.70. The Morgan fingerprint density at radius 2 is 2.10 bits per heavy atom. The first-order valence-corrected chi connectivity index (χ1v) is 6.91. The molecule has 1 aromatic carbocycles. The zero-order valence-corrected chi connectivity index (χ0v) is 11.6. The van der Waals surface area contributed by atoms with Crippen molar-refractivity contribution >= 4 is 22.5 Å². The Bertz CT molecular complexity index is 787. The molecule has 0 fully saturated rings. The third kappa shape index (κ3) is 2.14. The molecular formula is C16H14ClNO2. The highest BCUT2D eigenvalue weighted by molar-refractivity contribution is 6.32. The molecule has 0 bridgehead atoms. The lowest BCUT2D eigenvalue weighted by molar-refractivity contribution is 0.479. The Morgan fingerprint density at radius 3 is 2.85 bits per heavy atom. The summed E-state index contributed by atoms with van der Waals surface area (Å²) in [5.41, 5.74) is 1.54. The number of pyridine rings is 1. The minimum atomic E-state index is -0.349. The van der Waals surface area contributed by atoms with E-state index in [1.165, 1.54) is 5.57 Å². The van der Waals surface area contributed by atoms with Gasteiger partial charge in [-0.3, -0.25) is 4.79 Å². The molecule has 0 radical (unpaired) electrons. The second-order valence-electron chi connectivity index (χ2n) is 4.86. The number of halogens is 1. The summed E-state index contributed by atoms with van der Waals surface area (Å²) in [5, 5.41) is 10.5. The molecule has 1 N–H and O–H groups in total. The highest BCUT2D eigenvalue weighted by Gasteiger charge is 2.15. The van der Waals surface area contributed by atoms with Gasteiger partial charge >= 0.3 is 0 Å². The van der Waals surface area contributed by atoms with Crippen LogP contribution in [0.2, 0.25) is 5.02 Å². The number of rotatable bonds is 2. The normalized spacial score (nSPS) is 14.6. The van der Waals surface area contributed by atoms with Crippen LogP contribution in [0.4, 0.5) is 0 Å². The number of aromatic hydroxyl groups is 1. The monoisotopic (exact) mass is 287 g/mol. The predicted molar refractivity (Wildman–Crippen MR) is 81.3 cm³/mol. The van der Waals surface area contributed by atoms with E-state index in [0.717, 1.165) is 12.8 Å². The van der Waals surface area contributed by atoms with Gasteiger partial charge in [0.2, 0.25) is 0 Å². The van der Waals surface area contributed by atoms with Gasteiger partial charge in [0.15, 0.2) is 0 Å². The van der Waals surface area contributed by atoms with Crippen LogP contribution in [0, 0.1) is 0 Å². The second-order valence-corrected chi connectivity index (χ2v) is 5.24. The molecule has 4 heteroatoms. The molecule has 102 valence electrons. The highest BCUT2D eigenvalue weighted by atomic mass is 35.5. The lowest BCUT2D eigenvalue weighted by atomic mass is 10.0. The molecule has 2 aromatic rings. The molecule has 3 rings (SSSR count). The number of hydrogen-bond acceptors (Lipinski definition) is 2. The SMILES string of the molecule is O=c1c(Cl)c(O)c2ccccc2n1CC1=CC=CCC1. The van der Waals surface area contributed by atoms with Gasteiger partial charge in [-0.25, -0.2) is 0 Å². The molecule has 0 saturated heterocycles. The van der Waals surface area contributed by atoms with Crippen molar-refractivity contribution in [2.24, 2.45) is 0 Å². The molecule has 0 saturated carbocycles. The van der Waals surface area contributed by atoms with Crippen LogP contribution in [-0.2, 0) is 6.54 Å². The number of hydrogen-bond donors (Lipinski definition) is 1. The maximum atomic E-state index is 12.3. The van der Waals surface area contributed by atoms with Crippen LogP contribution in [0.1, 0.15) is 12.8 Å². The summed E-state index contributed by atoms with van der Waals surface area (Å²) in [6.45, 7) is 0.504. The van der Waals surface area contributed by atoms with E-state index >= 15 is 0 Å². The summed E-state index contributed by atoms with van der Waals surface area (Å²) < 4.78 is 1.63. The van der Waals surface area contributed by atoms with Crippen LogP contribution in [0.5, 0.6) is 5.75 Å². The molecular weight excluding hydrogens is 274 g/mol. The standard InChI is InChI=1S/C16H14ClNO2/c17-14-15(19)12-8-4-5-9-13(12)18(16(14)20)10-11-6-2-1-3-7-11/h1-2,4-6,8-9,19H,3,7,10H2. The van der Waals surface area contributed by atoms with Gasteiger partial charge in [0.1, 0.15) is 10.8 Å². The first-order valence-electron chi connectivity index (χ1n) is 6.53. The third-order valence-electron chi connectivity index (χ3n) is 3.55. The number of nitrogens with zero attached hydrogens (tertiary/aromatic N) is 1. The van der Waals surface area contributed by atoms with Gasteiger partial charge < -0.3 is 9.67 Å². The number of allylic oxidation sites excluding steroid dienone is 4. The maximum absolute atomic E-state index is 12.3. The number of fused-ring (bicyclic) bond motifs is 1. The molecule has 1 heterocycles. The Morgan fingerprint density at radius 1 is 1.30 bits per heavy atom. The van der Waals surface area contributed by atoms with Crippen molar-refractivity contribution in [2.75, 3.05) is 0 Å². The maximum Gasteiger partial charge on any atom is 0.273 e. The minimum absolute atomic E-state index is 0.115. The molecule has 1 aliphatic rings. The summed E-state index contributed by atoms with van der Waals surface area (Å²) >= 11 is 5.96. The molecule has 1 aliphatic carbocycles. The molecule has 3 nitrogen and oxygen atoms in total. The van der Waals surface area contributed by atoms with Crippen molar-refractivity contribution in [2.45, 2.75) is 19.4 Å². The topological polar surface area (TPSA) is 42.2 Å². The van der Waals surface area contributed by atoms with Gasteiger partial charge in [-0.05, 0) is 25.0 Å². The zero-order valence-electron chi connectivity index (χ0n) is 10.8. The van der Waals surface area contributed by atoms with Crippen LogP contribution in [0.15, 0.2) is 52.9 Å². The van der Waals surface area contributed by atoms with Crippen molar-refractivity contribution in [3.63, 3.8) is 0 Å². The average molecular weight is 288 g/mol. The number of benzene rings is 1. The Balaban J connectivity index is 2.21. The van der Waals surface area contributed by atoms with Gasteiger partial charge in [0.25, 0.3) is 5.56 Å². The van der Waals surface area contributed by atoms with Gasteiger partial charge in [-0.1, -0.05) is 47.5 Å². The molecule has 0 spiro atoms. The van der Waals surface area contributed by atoms with E-state index in [1.807, 2.05) is 30.4 Å². The lowest BCUT2D eigenvalue weighted by Crippen LogP contribution is -2.22. The van der Waals surface area contributed by atoms with Crippen LogP contribution in [0.25, 0.3) is 10.9 Å². The van der Waals surface area contributed by atoms with E-state index in [9.17, 15) is 9.90 Å². The van der Waals surface area contributed by atoms with E-state index in [2.05, 4.69) is 6.08 Å². The Labute approximate surface area is 121 Å². The smallest absolute Gasteiger partial charge is 0.273 e. The second kappa shape index (κ2) is 5.17. The number of aromatic nitrogens is 1. The zero-order chi connectivity index (χ0) is 14.1. The summed E-state index contributed by atoms with van der Waals surface area (Å²) in [6, 6.07) is 7.25. The quantitative estimate of drug-likeness (QED) is 0.916. The van der Waals surface area contributed by atoms with Gasteiger partial charge in [0, 0.05) is 11.9 Å². The van der Waals surface area contributed by atoms with Crippen LogP contribution >= 0.6 is 11.6 Å². The molecule has 1 aromatic heterocycles. The van der Waals surface area contributed by atoms with Crippen LogP contribution in [-0.4, -0.2) is 9.67 Å². The number of para-hydroxylation sites is 1. The van der Waals surface area contributed by atoms with E-state index in [0.29, 0.717) is 17.4 Å². The van der Waals surface area contributed by atoms with Crippen molar-refractivity contribution in [1.29, 1.82) is 0 Å². The predicted octanol–water partition coefficient (Wildman–Crippen LogP) is 3.64. The average Bonchev–Trinajstić information content (AvgIpc) is 2.50. The van der Waals surface area contributed by atoms with Crippen molar-refractivity contribution in [3.8, 4) is 5.75 Å². The van der Waals surface area contributed by atoms with E-state index in [1.54, 1.807) is 10.6 Å². The molecule has 0 aliphatic heterocycles. The summed E-state index contributed by atoms with van der Waals surface area (Å²) in [5.74, 6) is -0.138. The summed E-state index contributed by atoms with van der Waals surface area (Å²) in [6.07, 6.45) is 8.08. The van der Waals surface area contributed by atoms with Gasteiger partial charge in [0.05, 0.1) is 5.52 Å². The van der Waals surface area contributed by atoms with Gasteiger partial charge in [-0.15, -0.1) is 0 Å². The fourth-order valence-electron chi connectivity index (χ4n) is 2.50. The molecule has 0 amide bonds. The van der Waals surface area contributed by atoms with Crippen molar-refractivity contribution in [1.82, 2.24) is 4.57 Å². The van der Waals surface area contributed by atoms with Crippen LogP contribution in [0.3, 0.4) is 0 Å². The van der Waals surface area contributed by atoms with Crippen molar-refractivity contribution < 1.29 is 5.11 Å². The molecule has 0 atom stereocenters. The highest BCUT2D eigenvalue weighted by Crippen LogP contribution is 2.29. The van der Waals surface area contributed by atoms with Gasteiger partial charge in [-0.2, -0.15) is 0 Å². The third-order valence-corrected chi connectivity index (χ3v) is 3.89. The summed E-state index contributed by atoms with van der Waals surface area (Å²) in [7, 11) is 0. The molecule has 20 heavy (non-hydrogen) atoms. The summed E-state index contributed by atoms with van der Waals surface area (Å²) in [4.78, 5) is 12.3. The van der Waals surface area contributed by atoms with E-state index < -0.39 is 0 Å². The first kappa shape index (κ1) is 13.0. The first-order chi connectivity index (χ1) is 9.68. The Hall–Kier alpha value is -2.00. The van der Waals surface area contributed by atoms with E-state index in [4.69, 9.17) is 11.6 Å². The minimum Gasteiger partial charge on any atom is -0.505 e.